The lowest BCUT2D eigenvalue weighted by Crippen LogP contribution is -2.40. The van der Waals surface area contributed by atoms with Crippen LogP contribution in [-0.4, -0.2) is 82.6 Å². The molecule has 2 aliphatic heterocycles. The SMILES string of the molecule is COc1ccc(S(=O)(=O)N2CCOCC2)cc1C(=O)OCC(=O)N1CCCC1. The molecule has 0 saturated carbocycles. The van der Waals surface area contributed by atoms with Crippen molar-refractivity contribution in [2.24, 2.45) is 0 Å². The molecule has 0 bridgehead atoms. The highest BCUT2D eigenvalue weighted by Crippen LogP contribution is 2.26. The van der Waals surface area contributed by atoms with Crippen LogP contribution < -0.4 is 4.74 Å². The van der Waals surface area contributed by atoms with Gasteiger partial charge in [0.15, 0.2) is 6.61 Å². The second-order valence-corrected chi connectivity index (χ2v) is 8.48. The Morgan fingerprint density at radius 3 is 2.43 bits per heavy atom. The van der Waals surface area contributed by atoms with E-state index in [-0.39, 0.29) is 41.8 Å². The molecular formula is C18H24N2O7S. The van der Waals surface area contributed by atoms with Crippen molar-refractivity contribution in [1.29, 1.82) is 0 Å². The lowest BCUT2D eigenvalue weighted by atomic mass is 10.2. The number of methoxy groups -OCH3 is 1. The van der Waals surface area contributed by atoms with E-state index >= 15 is 0 Å². The van der Waals surface area contributed by atoms with Gasteiger partial charge in [-0.3, -0.25) is 4.79 Å². The van der Waals surface area contributed by atoms with Crippen molar-refractivity contribution in [3.05, 3.63) is 23.8 Å². The number of hydrogen-bond acceptors (Lipinski definition) is 7. The first kappa shape index (κ1) is 20.6. The van der Waals surface area contributed by atoms with Crippen molar-refractivity contribution in [3.8, 4) is 5.75 Å². The number of ether oxygens (including phenoxy) is 3. The zero-order valence-corrected chi connectivity index (χ0v) is 16.6. The van der Waals surface area contributed by atoms with Crippen LogP contribution in [0, 0.1) is 0 Å². The minimum atomic E-state index is -3.77. The van der Waals surface area contributed by atoms with Gasteiger partial charge >= 0.3 is 5.97 Å². The molecule has 1 amide bonds. The second-order valence-electron chi connectivity index (χ2n) is 6.54. The number of sulfonamides is 1. The van der Waals surface area contributed by atoms with Gasteiger partial charge in [-0.05, 0) is 31.0 Å². The quantitative estimate of drug-likeness (QED) is 0.627. The Kier molecular flexibility index (Phi) is 6.53. The molecule has 0 spiro atoms. The highest BCUT2D eigenvalue weighted by molar-refractivity contribution is 7.89. The van der Waals surface area contributed by atoms with E-state index in [9.17, 15) is 18.0 Å². The Morgan fingerprint density at radius 2 is 1.79 bits per heavy atom. The van der Waals surface area contributed by atoms with Gasteiger partial charge in [0.25, 0.3) is 5.91 Å². The molecule has 154 valence electrons. The van der Waals surface area contributed by atoms with Crippen molar-refractivity contribution < 1.29 is 32.2 Å². The van der Waals surface area contributed by atoms with Gasteiger partial charge < -0.3 is 19.1 Å². The van der Waals surface area contributed by atoms with Crippen molar-refractivity contribution in [2.75, 3.05) is 53.1 Å². The number of morpholine rings is 1. The summed E-state index contributed by atoms with van der Waals surface area (Å²) in [6.07, 6.45) is 1.88. The fourth-order valence-corrected chi connectivity index (χ4v) is 4.64. The van der Waals surface area contributed by atoms with E-state index in [4.69, 9.17) is 14.2 Å². The molecule has 3 rings (SSSR count). The molecule has 28 heavy (non-hydrogen) atoms. The summed E-state index contributed by atoms with van der Waals surface area (Å²) in [5.41, 5.74) is -0.0361. The van der Waals surface area contributed by atoms with E-state index in [2.05, 4.69) is 0 Å². The van der Waals surface area contributed by atoms with Crippen LogP contribution in [0.4, 0.5) is 0 Å². The number of rotatable bonds is 6. The number of carbonyl (C=O) groups is 2. The molecule has 0 aliphatic carbocycles. The normalized spacial score (nSPS) is 18.1. The molecule has 0 atom stereocenters. The van der Waals surface area contributed by atoms with Gasteiger partial charge in [0.1, 0.15) is 11.3 Å². The standard InChI is InChI=1S/C18H24N2O7S/c1-25-16-5-4-14(28(23,24)20-8-10-26-11-9-20)12-15(16)18(22)27-13-17(21)19-6-2-3-7-19/h4-5,12H,2-3,6-11,13H2,1H3. The minimum Gasteiger partial charge on any atom is -0.496 e. The summed E-state index contributed by atoms with van der Waals surface area (Å²) in [6, 6.07) is 4.02. The van der Waals surface area contributed by atoms with Gasteiger partial charge in [-0.25, -0.2) is 13.2 Å². The summed E-state index contributed by atoms with van der Waals surface area (Å²) in [5.74, 6) is -0.884. The van der Waals surface area contributed by atoms with Crippen molar-refractivity contribution in [2.45, 2.75) is 17.7 Å². The predicted molar refractivity (Wildman–Crippen MR) is 98.7 cm³/mol. The van der Waals surface area contributed by atoms with Gasteiger partial charge in [0, 0.05) is 26.2 Å². The van der Waals surface area contributed by atoms with Crippen LogP contribution in [0.25, 0.3) is 0 Å². The molecule has 2 heterocycles. The molecule has 1 aromatic carbocycles. The van der Waals surface area contributed by atoms with E-state index in [1.807, 2.05) is 0 Å². The third-order valence-corrected chi connectivity index (χ3v) is 6.68. The summed E-state index contributed by atoms with van der Waals surface area (Å²) < 4.78 is 42.4. The molecular weight excluding hydrogens is 388 g/mol. The molecule has 2 aliphatic rings. The number of amides is 1. The molecule has 0 radical (unpaired) electrons. The predicted octanol–water partition coefficient (Wildman–Crippen LogP) is 0.495. The van der Waals surface area contributed by atoms with Gasteiger partial charge in [0.05, 0.1) is 25.2 Å². The van der Waals surface area contributed by atoms with Crippen LogP contribution >= 0.6 is 0 Å². The van der Waals surface area contributed by atoms with Gasteiger partial charge in [-0.15, -0.1) is 0 Å². The van der Waals surface area contributed by atoms with Crippen molar-refractivity contribution >= 4 is 21.9 Å². The maximum Gasteiger partial charge on any atom is 0.342 e. The van der Waals surface area contributed by atoms with Crippen LogP contribution in [0.5, 0.6) is 5.75 Å². The third-order valence-electron chi connectivity index (χ3n) is 4.78. The van der Waals surface area contributed by atoms with E-state index in [1.165, 1.54) is 29.6 Å². The zero-order valence-electron chi connectivity index (χ0n) is 15.8. The summed E-state index contributed by atoms with van der Waals surface area (Å²) in [6.45, 7) is 2.07. The summed E-state index contributed by atoms with van der Waals surface area (Å²) in [5, 5.41) is 0. The first-order valence-corrected chi connectivity index (χ1v) is 10.6. The number of benzene rings is 1. The van der Waals surface area contributed by atoms with Gasteiger partial charge in [0.2, 0.25) is 10.0 Å². The van der Waals surface area contributed by atoms with Crippen LogP contribution in [-0.2, 0) is 24.3 Å². The fraction of sp³-hybridized carbons (Fsp3) is 0.556. The smallest absolute Gasteiger partial charge is 0.342 e. The summed E-state index contributed by atoms with van der Waals surface area (Å²) in [4.78, 5) is 26.2. The molecule has 2 fully saturated rings. The summed E-state index contributed by atoms with van der Waals surface area (Å²) >= 11 is 0. The molecule has 9 nitrogen and oxygen atoms in total. The molecule has 0 N–H and O–H groups in total. The third kappa shape index (κ3) is 4.45. The Morgan fingerprint density at radius 1 is 1.11 bits per heavy atom. The maximum absolute atomic E-state index is 12.8. The number of nitrogens with zero attached hydrogens (tertiary/aromatic N) is 2. The van der Waals surface area contributed by atoms with Crippen molar-refractivity contribution in [3.63, 3.8) is 0 Å². The molecule has 2 saturated heterocycles. The zero-order chi connectivity index (χ0) is 20.1. The largest absolute Gasteiger partial charge is 0.496 e. The van der Waals surface area contributed by atoms with E-state index in [1.54, 1.807) is 4.90 Å². The van der Waals surface area contributed by atoms with E-state index in [0.29, 0.717) is 26.3 Å². The molecule has 1 aromatic rings. The number of hydrogen-bond donors (Lipinski definition) is 0. The lowest BCUT2D eigenvalue weighted by Gasteiger charge is -2.26. The first-order valence-electron chi connectivity index (χ1n) is 9.14. The Balaban J connectivity index is 1.76. The van der Waals surface area contributed by atoms with Crippen LogP contribution in [0.1, 0.15) is 23.2 Å². The maximum atomic E-state index is 12.8. The second kappa shape index (κ2) is 8.89. The highest BCUT2D eigenvalue weighted by Gasteiger charge is 2.28. The Hall–Kier alpha value is -2.17. The topological polar surface area (TPSA) is 102 Å². The van der Waals surface area contributed by atoms with Crippen molar-refractivity contribution in [1.82, 2.24) is 9.21 Å². The average molecular weight is 412 g/mol. The number of esters is 1. The fourth-order valence-electron chi connectivity index (χ4n) is 3.21. The molecule has 0 unspecified atom stereocenters. The monoisotopic (exact) mass is 412 g/mol. The van der Waals surface area contributed by atoms with Crippen LogP contribution in [0.15, 0.2) is 23.1 Å². The summed E-state index contributed by atoms with van der Waals surface area (Å²) in [7, 11) is -2.40. The highest BCUT2D eigenvalue weighted by atomic mass is 32.2. The lowest BCUT2D eigenvalue weighted by molar-refractivity contribution is -0.133. The number of carbonyl (C=O) groups excluding carboxylic acids is 2. The molecule has 0 aromatic heterocycles. The van der Waals surface area contributed by atoms with E-state index in [0.717, 1.165) is 12.8 Å². The Labute approximate surface area is 164 Å². The first-order chi connectivity index (χ1) is 13.4. The molecule has 10 heteroatoms. The van der Waals surface area contributed by atoms with Crippen LogP contribution in [0.2, 0.25) is 0 Å². The van der Waals surface area contributed by atoms with E-state index < -0.39 is 16.0 Å². The van der Waals surface area contributed by atoms with Gasteiger partial charge in [-0.2, -0.15) is 4.31 Å². The number of likely N-dealkylation sites (tertiary alicyclic amines) is 1. The Bertz CT molecular complexity index is 828. The van der Waals surface area contributed by atoms with Gasteiger partial charge in [-0.1, -0.05) is 0 Å². The average Bonchev–Trinajstić information content (AvgIpc) is 3.27. The van der Waals surface area contributed by atoms with Crippen LogP contribution in [0.3, 0.4) is 0 Å². The minimum absolute atomic E-state index is 0.0342.